The van der Waals surface area contributed by atoms with Gasteiger partial charge < -0.3 is 16.0 Å². The number of pyridine rings is 1. The van der Waals surface area contributed by atoms with E-state index in [2.05, 4.69) is 30.9 Å². The van der Waals surface area contributed by atoms with E-state index in [1.807, 2.05) is 19.1 Å². The van der Waals surface area contributed by atoms with Gasteiger partial charge in [0.2, 0.25) is 5.91 Å². The highest BCUT2D eigenvalue weighted by Gasteiger charge is 2.36. The zero-order valence-electron chi connectivity index (χ0n) is 18.3. The number of hydrogen-bond acceptors (Lipinski definition) is 8. The largest absolute Gasteiger partial charge is 0.368 e. The van der Waals surface area contributed by atoms with E-state index < -0.39 is 17.7 Å². The van der Waals surface area contributed by atoms with Gasteiger partial charge in [0.05, 0.1) is 11.1 Å². The molecule has 10 heteroatoms. The van der Waals surface area contributed by atoms with Crippen molar-refractivity contribution in [3.8, 4) is 0 Å². The Morgan fingerprint density at radius 2 is 1.61 bits per heavy atom. The number of benzene rings is 1. The quantitative estimate of drug-likeness (QED) is 0.355. The molecule has 0 fully saturated rings. The summed E-state index contributed by atoms with van der Waals surface area (Å²) < 4.78 is 0. The van der Waals surface area contributed by atoms with Gasteiger partial charge in [0.15, 0.2) is 0 Å². The third-order valence-corrected chi connectivity index (χ3v) is 4.94. The van der Waals surface area contributed by atoms with Crippen molar-refractivity contribution < 1.29 is 14.4 Å². The van der Waals surface area contributed by atoms with E-state index in [1.54, 1.807) is 43.5 Å². The maximum Gasteiger partial charge on any atom is 0.262 e. The summed E-state index contributed by atoms with van der Waals surface area (Å²) >= 11 is 0. The van der Waals surface area contributed by atoms with Crippen LogP contribution in [0.1, 0.15) is 32.1 Å². The second kappa shape index (κ2) is 9.43. The Kier molecular flexibility index (Phi) is 6.25. The topological polar surface area (TPSA) is 129 Å². The zero-order valence-corrected chi connectivity index (χ0v) is 18.3. The molecule has 0 bridgehead atoms. The Balaban J connectivity index is 1.27. The summed E-state index contributed by atoms with van der Waals surface area (Å²) in [5.74, 6) is 1.11. The summed E-state index contributed by atoms with van der Waals surface area (Å²) in [5, 5.41) is 8.99. The Bertz CT molecular complexity index is 1190. The lowest BCUT2D eigenvalue weighted by molar-refractivity contribution is -0.121. The molecule has 0 saturated carbocycles. The van der Waals surface area contributed by atoms with Crippen LogP contribution in [0.15, 0.2) is 48.7 Å². The summed E-state index contributed by atoms with van der Waals surface area (Å²) in [6, 6.07) is 12.1. The maximum atomic E-state index is 12.4. The summed E-state index contributed by atoms with van der Waals surface area (Å²) in [6.07, 6.45) is 1.72. The maximum absolute atomic E-state index is 12.4. The SMILES string of the molecule is Cc1ccnc(Nc2cc(NCCNC(=O)CN3C(=O)c4ccccc4C3=O)nc(C)n2)c1. The molecule has 2 aromatic heterocycles. The molecule has 4 rings (SSSR count). The van der Waals surface area contributed by atoms with Crippen LogP contribution in [-0.4, -0.2) is 57.2 Å². The van der Waals surface area contributed by atoms with Crippen molar-refractivity contribution in [2.45, 2.75) is 13.8 Å². The van der Waals surface area contributed by atoms with Gasteiger partial charge >= 0.3 is 0 Å². The Hall–Kier alpha value is -4.34. The van der Waals surface area contributed by atoms with Gasteiger partial charge in [-0.2, -0.15) is 0 Å². The number of anilines is 3. The molecule has 0 atom stereocenters. The molecule has 0 spiro atoms. The fraction of sp³-hybridized carbons (Fsp3) is 0.217. The first kappa shape index (κ1) is 21.9. The van der Waals surface area contributed by atoms with Crippen molar-refractivity contribution in [1.82, 2.24) is 25.2 Å². The van der Waals surface area contributed by atoms with Gasteiger partial charge in [0, 0.05) is 25.4 Å². The second-order valence-electron chi connectivity index (χ2n) is 7.55. The average Bonchev–Trinajstić information content (AvgIpc) is 3.01. The van der Waals surface area contributed by atoms with E-state index in [0.29, 0.717) is 40.9 Å². The molecule has 3 aromatic rings. The number of carbonyl (C=O) groups is 3. The average molecular weight is 445 g/mol. The summed E-state index contributed by atoms with van der Waals surface area (Å²) in [4.78, 5) is 50.9. The van der Waals surface area contributed by atoms with Crippen LogP contribution in [0.3, 0.4) is 0 Å². The lowest BCUT2D eigenvalue weighted by Gasteiger charge is -2.14. The molecule has 0 radical (unpaired) electrons. The number of rotatable bonds is 8. The molecule has 10 nitrogen and oxygen atoms in total. The number of nitrogens with zero attached hydrogens (tertiary/aromatic N) is 4. The van der Waals surface area contributed by atoms with E-state index in [1.165, 1.54) is 0 Å². The fourth-order valence-electron chi connectivity index (χ4n) is 3.43. The molecule has 0 saturated heterocycles. The van der Waals surface area contributed by atoms with Crippen molar-refractivity contribution in [2.24, 2.45) is 0 Å². The summed E-state index contributed by atoms with van der Waals surface area (Å²) in [7, 11) is 0. The smallest absolute Gasteiger partial charge is 0.262 e. The third kappa shape index (κ3) is 5.12. The van der Waals surface area contributed by atoms with E-state index in [4.69, 9.17) is 0 Å². The van der Waals surface area contributed by atoms with Crippen LogP contribution in [-0.2, 0) is 4.79 Å². The van der Waals surface area contributed by atoms with Crippen LogP contribution in [0, 0.1) is 13.8 Å². The van der Waals surface area contributed by atoms with E-state index >= 15 is 0 Å². The minimum atomic E-state index is -0.455. The molecule has 0 unspecified atom stereocenters. The minimum Gasteiger partial charge on any atom is -0.368 e. The Morgan fingerprint density at radius 1 is 0.909 bits per heavy atom. The predicted octanol–water partition coefficient (Wildman–Crippen LogP) is 2.06. The van der Waals surface area contributed by atoms with E-state index in [0.717, 1.165) is 10.5 Å². The van der Waals surface area contributed by atoms with Crippen molar-refractivity contribution in [2.75, 3.05) is 30.3 Å². The van der Waals surface area contributed by atoms with Crippen molar-refractivity contribution >= 4 is 35.2 Å². The van der Waals surface area contributed by atoms with Gasteiger partial charge in [-0.3, -0.25) is 19.3 Å². The van der Waals surface area contributed by atoms with Crippen LogP contribution in [0.2, 0.25) is 0 Å². The first-order valence-electron chi connectivity index (χ1n) is 10.4. The van der Waals surface area contributed by atoms with Crippen LogP contribution in [0.4, 0.5) is 17.5 Å². The van der Waals surface area contributed by atoms with Gasteiger partial charge in [0.1, 0.15) is 29.8 Å². The van der Waals surface area contributed by atoms with Crippen LogP contribution >= 0.6 is 0 Å². The standard InChI is InChI=1S/C23H23N7O3/c1-14-7-8-24-18(11-14)29-20-12-19(27-15(2)28-20)25-9-10-26-21(31)13-30-22(32)16-5-3-4-6-17(16)23(30)33/h3-8,11-12H,9-10,13H2,1-2H3,(H,26,31)(H2,24,25,27,28,29). The Morgan fingerprint density at radius 3 is 2.30 bits per heavy atom. The minimum absolute atomic E-state index is 0.285. The summed E-state index contributed by atoms with van der Waals surface area (Å²) in [5.41, 5.74) is 1.72. The number of carbonyl (C=O) groups excluding carboxylic acids is 3. The fourth-order valence-corrected chi connectivity index (χ4v) is 3.43. The molecule has 1 aliphatic rings. The molecule has 168 valence electrons. The number of aromatic nitrogens is 3. The van der Waals surface area contributed by atoms with Crippen LogP contribution in [0.5, 0.6) is 0 Å². The highest BCUT2D eigenvalue weighted by Crippen LogP contribution is 2.22. The van der Waals surface area contributed by atoms with Gasteiger partial charge in [-0.05, 0) is 43.7 Å². The molecule has 1 aromatic carbocycles. The van der Waals surface area contributed by atoms with Gasteiger partial charge in [-0.15, -0.1) is 0 Å². The van der Waals surface area contributed by atoms with Gasteiger partial charge in [-0.1, -0.05) is 12.1 Å². The van der Waals surface area contributed by atoms with Crippen molar-refractivity contribution in [3.63, 3.8) is 0 Å². The van der Waals surface area contributed by atoms with E-state index in [-0.39, 0.29) is 13.1 Å². The monoisotopic (exact) mass is 445 g/mol. The normalized spacial score (nSPS) is 12.5. The number of nitrogens with one attached hydrogen (secondary N) is 3. The third-order valence-electron chi connectivity index (χ3n) is 4.94. The lowest BCUT2D eigenvalue weighted by Crippen LogP contribution is -2.41. The molecule has 3 N–H and O–H groups in total. The Labute approximate surface area is 190 Å². The van der Waals surface area contributed by atoms with Crippen molar-refractivity contribution in [3.05, 3.63) is 71.2 Å². The molecule has 1 aliphatic heterocycles. The first-order valence-corrected chi connectivity index (χ1v) is 10.4. The molecular weight excluding hydrogens is 422 g/mol. The van der Waals surface area contributed by atoms with Crippen molar-refractivity contribution in [1.29, 1.82) is 0 Å². The number of aryl methyl sites for hydroxylation is 2. The van der Waals surface area contributed by atoms with E-state index in [9.17, 15) is 14.4 Å². The second-order valence-corrected chi connectivity index (χ2v) is 7.55. The predicted molar refractivity (Wildman–Crippen MR) is 122 cm³/mol. The molecule has 0 aliphatic carbocycles. The number of amides is 3. The molecule has 33 heavy (non-hydrogen) atoms. The molecule has 3 amide bonds. The number of hydrogen-bond donors (Lipinski definition) is 3. The summed E-state index contributed by atoms with van der Waals surface area (Å²) in [6.45, 7) is 4.12. The molecule has 3 heterocycles. The highest BCUT2D eigenvalue weighted by atomic mass is 16.2. The highest BCUT2D eigenvalue weighted by molar-refractivity contribution is 6.22. The first-order chi connectivity index (χ1) is 15.9. The van der Waals surface area contributed by atoms with Gasteiger partial charge in [0.25, 0.3) is 11.8 Å². The lowest BCUT2D eigenvalue weighted by atomic mass is 10.1. The number of fused-ring (bicyclic) bond motifs is 1. The van der Waals surface area contributed by atoms with Crippen LogP contribution in [0.25, 0.3) is 0 Å². The zero-order chi connectivity index (χ0) is 23.4. The molecular formula is C23H23N7O3. The van der Waals surface area contributed by atoms with Gasteiger partial charge in [-0.25, -0.2) is 15.0 Å². The van der Waals surface area contributed by atoms with Crippen LogP contribution < -0.4 is 16.0 Å². The number of imide groups is 1.